The first kappa shape index (κ1) is 13.1. The van der Waals surface area contributed by atoms with Gasteiger partial charge in [-0.05, 0) is 18.9 Å². The van der Waals surface area contributed by atoms with E-state index in [0.717, 1.165) is 24.2 Å². The Morgan fingerprint density at radius 1 is 1.22 bits per heavy atom. The molecule has 0 saturated heterocycles. The largest absolute Gasteiger partial charge is 0.496 e. The smallest absolute Gasteiger partial charge is 0.143 e. The van der Waals surface area contributed by atoms with Gasteiger partial charge in [-0.2, -0.15) is 0 Å². The van der Waals surface area contributed by atoms with Crippen LogP contribution in [0.2, 0.25) is 0 Å². The van der Waals surface area contributed by atoms with Crippen LogP contribution in [0.1, 0.15) is 44.6 Å². The fourth-order valence-electron chi connectivity index (χ4n) is 2.85. The van der Waals surface area contributed by atoms with Crippen molar-refractivity contribution >= 4 is 5.78 Å². The average Bonchev–Trinajstić information content (AvgIpc) is 2.40. The third-order valence-corrected chi connectivity index (χ3v) is 4.17. The molecule has 1 aromatic carbocycles. The van der Waals surface area contributed by atoms with Crippen molar-refractivity contribution in [3.63, 3.8) is 0 Å². The van der Waals surface area contributed by atoms with Crippen LogP contribution in [0.5, 0.6) is 5.75 Å². The molecule has 0 atom stereocenters. The van der Waals surface area contributed by atoms with Gasteiger partial charge in [0.25, 0.3) is 0 Å². The number of para-hydroxylation sites is 1. The maximum atomic E-state index is 12.5. The summed E-state index contributed by atoms with van der Waals surface area (Å²) < 4.78 is 5.31. The zero-order valence-electron chi connectivity index (χ0n) is 11.4. The van der Waals surface area contributed by atoms with Crippen LogP contribution < -0.4 is 4.74 Å². The second kappa shape index (κ2) is 5.55. The first-order valence-electron chi connectivity index (χ1n) is 6.81. The Hall–Kier alpha value is -1.31. The van der Waals surface area contributed by atoms with Crippen LogP contribution >= 0.6 is 0 Å². The van der Waals surface area contributed by atoms with Crippen molar-refractivity contribution in [3.05, 3.63) is 29.8 Å². The van der Waals surface area contributed by atoms with Gasteiger partial charge in [-0.25, -0.2) is 0 Å². The van der Waals surface area contributed by atoms with E-state index in [2.05, 4.69) is 6.92 Å². The van der Waals surface area contributed by atoms with Gasteiger partial charge in [-0.15, -0.1) is 0 Å². The summed E-state index contributed by atoms with van der Waals surface area (Å²) >= 11 is 0. The molecule has 1 fully saturated rings. The molecule has 1 saturated carbocycles. The highest BCUT2D eigenvalue weighted by Crippen LogP contribution is 2.37. The van der Waals surface area contributed by atoms with E-state index in [0.29, 0.717) is 12.2 Å². The second-order valence-electron chi connectivity index (χ2n) is 5.53. The molecular weight excluding hydrogens is 224 g/mol. The fourth-order valence-corrected chi connectivity index (χ4v) is 2.85. The number of hydrogen-bond donors (Lipinski definition) is 0. The number of ether oxygens (including phenoxy) is 1. The summed E-state index contributed by atoms with van der Waals surface area (Å²) in [5, 5.41) is 0. The van der Waals surface area contributed by atoms with Crippen LogP contribution in [-0.2, 0) is 11.2 Å². The minimum Gasteiger partial charge on any atom is -0.496 e. The number of carbonyl (C=O) groups is 1. The molecule has 0 amide bonds. The van der Waals surface area contributed by atoms with Gasteiger partial charge in [-0.3, -0.25) is 4.79 Å². The molecule has 0 spiro atoms. The summed E-state index contributed by atoms with van der Waals surface area (Å²) in [5.41, 5.74) is 0.899. The highest BCUT2D eigenvalue weighted by molar-refractivity contribution is 5.87. The van der Waals surface area contributed by atoms with E-state index >= 15 is 0 Å². The fraction of sp³-hybridized carbons (Fsp3) is 0.562. The van der Waals surface area contributed by atoms with Gasteiger partial charge < -0.3 is 4.74 Å². The summed E-state index contributed by atoms with van der Waals surface area (Å²) in [6.07, 6.45) is 6.24. The van der Waals surface area contributed by atoms with Crippen molar-refractivity contribution < 1.29 is 9.53 Å². The van der Waals surface area contributed by atoms with Gasteiger partial charge in [-0.1, -0.05) is 44.4 Å². The Balaban J connectivity index is 2.10. The summed E-state index contributed by atoms with van der Waals surface area (Å²) in [7, 11) is 1.66. The zero-order valence-corrected chi connectivity index (χ0v) is 11.4. The Bertz CT molecular complexity index is 417. The predicted molar refractivity (Wildman–Crippen MR) is 72.9 cm³/mol. The van der Waals surface area contributed by atoms with Crippen LogP contribution in [0.4, 0.5) is 0 Å². The molecule has 2 heteroatoms. The van der Waals surface area contributed by atoms with Gasteiger partial charge in [0.1, 0.15) is 11.5 Å². The van der Waals surface area contributed by atoms with Gasteiger partial charge in [0.15, 0.2) is 0 Å². The van der Waals surface area contributed by atoms with E-state index in [9.17, 15) is 4.79 Å². The number of ketones is 1. The molecule has 0 aromatic heterocycles. The van der Waals surface area contributed by atoms with Crippen LogP contribution in [0.15, 0.2) is 24.3 Å². The van der Waals surface area contributed by atoms with Crippen molar-refractivity contribution in [1.82, 2.24) is 0 Å². The van der Waals surface area contributed by atoms with E-state index in [1.54, 1.807) is 7.11 Å². The minimum absolute atomic E-state index is 0.112. The maximum absolute atomic E-state index is 12.5. The van der Waals surface area contributed by atoms with Crippen molar-refractivity contribution in [2.45, 2.75) is 45.4 Å². The molecule has 0 aliphatic heterocycles. The van der Waals surface area contributed by atoms with Gasteiger partial charge in [0.05, 0.1) is 7.11 Å². The SMILES string of the molecule is COc1ccccc1CC(=O)C1(C)CCCCC1. The highest BCUT2D eigenvalue weighted by Gasteiger charge is 2.34. The Kier molecular flexibility index (Phi) is 4.05. The zero-order chi connectivity index (χ0) is 13.0. The minimum atomic E-state index is -0.112. The first-order chi connectivity index (χ1) is 8.65. The Morgan fingerprint density at radius 3 is 2.56 bits per heavy atom. The molecular formula is C16H22O2. The van der Waals surface area contributed by atoms with Crippen LogP contribution in [0.3, 0.4) is 0 Å². The van der Waals surface area contributed by atoms with Crippen LogP contribution in [0, 0.1) is 5.41 Å². The van der Waals surface area contributed by atoms with E-state index in [4.69, 9.17) is 4.74 Å². The summed E-state index contributed by atoms with van der Waals surface area (Å²) in [5.74, 6) is 1.19. The van der Waals surface area contributed by atoms with E-state index in [1.807, 2.05) is 24.3 Å². The lowest BCUT2D eigenvalue weighted by Gasteiger charge is -2.32. The molecule has 0 radical (unpaired) electrons. The molecule has 1 aromatic rings. The highest BCUT2D eigenvalue weighted by atomic mass is 16.5. The second-order valence-corrected chi connectivity index (χ2v) is 5.53. The standard InChI is InChI=1S/C16H22O2/c1-16(10-6-3-7-11-16)15(17)12-13-8-4-5-9-14(13)18-2/h4-5,8-9H,3,6-7,10-12H2,1-2H3. The van der Waals surface area contributed by atoms with Crippen molar-refractivity contribution in [2.24, 2.45) is 5.41 Å². The third-order valence-electron chi connectivity index (χ3n) is 4.17. The summed E-state index contributed by atoms with van der Waals surface area (Å²) in [6.45, 7) is 2.13. The molecule has 0 N–H and O–H groups in total. The van der Waals surface area contributed by atoms with Crippen molar-refractivity contribution in [3.8, 4) is 5.75 Å². The lowest BCUT2D eigenvalue weighted by molar-refractivity contribution is -0.128. The number of hydrogen-bond acceptors (Lipinski definition) is 2. The number of benzene rings is 1. The summed E-state index contributed by atoms with van der Waals surface area (Å²) in [4.78, 5) is 12.5. The van der Waals surface area contributed by atoms with Gasteiger partial charge in [0.2, 0.25) is 0 Å². The molecule has 2 nitrogen and oxygen atoms in total. The number of carbonyl (C=O) groups excluding carboxylic acids is 1. The normalized spacial score (nSPS) is 18.3. The first-order valence-corrected chi connectivity index (χ1v) is 6.81. The predicted octanol–water partition coefficient (Wildman–Crippen LogP) is 3.78. The molecule has 2 rings (SSSR count). The van der Waals surface area contributed by atoms with E-state index in [1.165, 1.54) is 19.3 Å². The number of rotatable bonds is 4. The van der Waals surface area contributed by atoms with Crippen LogP contribution in [0.25, 0.3) is 0 Å². The van der Waals surface area contributed by atoms with Crippen LogP contribution in [-0.4, -0.2) is 12.9 Å². The number of methoxy groups -OCH3 is 1. The topological polar surface area (TPSA) is 26.3 Å². The molecule has 98 valence electrons. The lowest BCUT2D eigenvalue weighted by atomic mass is 9.71. The third kappa shape index (κ3) is 2.74. The number of Topliss-reactive ketones (excluding diaryl/α,β-unsaturated/α-hetero) is 1. The molecule has 1 aliphatic carbocycles. The average molecular weight is 246 g/mol. The van der Waals surface area contributed by atoms with Gasteiger partial charge >= 0.3 is 0 Å². The summed E-state index contributed by atoms with van der Waals surface area (Å²) in [6, 6.07) is 7.82. The van der Waals surface area contributed by atoms with E-state index in [-0.39, 0.29) is 5.41 Å². The Morgan fingerprint density at radius 2 is 1.89 bits per heavy atom. The molecule has 0 bridgehead atoms. The van der Waals surface area contributed by atoms with E-state index < -0.39 is 0 Å². The monoisotopic (exact) mass is 246 g/mol. The Labute approximate surface area is 109 Å². The lowest BCUT2D eigenvalue weighted by Crippen LogP contribution is -2.31. The molecule has 0 unspecified atom stereocenters. The quantitative estimate of drug-likeness (QED) is 0.808. The van der Waals surface area contributed by atoms with Gasteiger partial charge in [0, 0.05) is 17.4 Å². The molecule has 1 aliphatic rings. The molecule has 18 heavy (non-hydrogen) atoms. The van der Waals surface area contributed by atoms with Crippen molar-refractivity contribution in [1.29, 1.82) is 0 Å². The van der Waals surface area contributed by atoms with Crippen molar-refractivity contribution in [2.75, 3.05) is 7.11 Å². The molecule has 0 heterocycles. The maximum Gasteiger partial charge on any atom is 0.143 e.